The highest BCUT2D eigenvalue weighted by molar-refractivity contribution is 5.96. The van der Waals surface area contributed by atoms with Crippen LogP contribution in [0.3, 0.4) is 0 Å². The minimum absolute atomic E-state index is 0.136. The van der Waals surface area contributed by atoms with Crippen molar-refractivity contribution in [2.75, 3.05) is 11.4 Å². The Kier molecular flexibility index (Phi) is 3.69. The highest BCUT2D eigenvalue weighted by Crippen LogP contribution is 2.38. The predicted molar refractivity (Wildman–Crippen MR) is 73.6 cm³/mol. The molecule has 2 heterocycles. The normalized spacial score (nSPS) is 23.7. The first-order chi connectivity index (χ1) is 8.54. The summed E-state index contributed by atoms with van der Waals surface area (Å²) in [6.45, 7) is 7.26. The topological polar surface area (TPSA) is 33.2 Å². The van der Waals surface area contributed by atoms with Crippen LogP contribution < -0.4 is 4.90 Å². The number of nitrogens with zero attached hydrogens (tertiary/aromatic N) is 2. The fraction of sp³-hybridized carbons (Fsp3) is 0.600. The number of carbonyl (C=O) groups is 1. The van der Waals surface area contributed by atoms with E-state index in [0.29, 0.717) is 6.42 Å². The molecule has 3 heteroatoms. The second kappa shape index (κ2) is 5.09. The van der Waals surface area contributed by atoms with Gasteiger partial charge in [0, 0.05) is 19.2 Å². The van der Waals surface area contributed by atoms with Gasteiger partial charge in [0.1, 0.15) is 0 Å². The Morgan fingerprint density at radius 1 is 1.44 bits per heavy atom. The number of pyridine rings is 1. The Balaban J connectivity index is 2.14. The van der Waals surface area contributed by atoms with Gasteiger partial charge in [-0.3, -0.25) is 9.78 Å². The van der Waals surface area contributed by atoms with Gasteiger partial charge in [-0.05, 0) is 30.4 Å². The molecule has 1 fully saturated rings. The van der Waals surface area contributed by atoms with Gasteiger partial charge >= 0.3 is 0 Å². The minimum atomic E-state index is 0.136. The smallest absolute Gasteiger partial charge is 0.227 e. The summed E-state index contributed by atoms with van der Waals surface area (Å²) in [7, 11) is 0. The van der Waals surface area contributed by atoms with E-state index in [1.807, 2.05) is 24.1 Å². The van der Waals surface area contributed by atoms with Crippen molar-refractivity contribution in [2.24, 2.45) is 5.41 Å². The van der Waals surface area contributed by atoms with Crippen molar-refractivity contribution in [1.82, 2.24) is 4.98 Å². The van der Waals surface area contributed by atoms with Crippen molar-refractivity contribution >= 4 is 11.6 Å². The first-order valence-corrected chi connectivity index (χ1v) is 6.76. The van der Waals surface area contributed by atoms with Gasteiger partial charge in [0.05, 0.1) is 11.9 Å². The van der Waals surface area contributed by atoms with Gasteiger partial charge in [-0.25, -0.2) is 0 Å². The number of amides is 1. The van der Waals surface area contributed by atoms with E-state index in [0.717, 1.165) is 24.2 Å². The highest BCUT2D eigenvalue weighted by Gasteiger charge is 2.39. The molecule has 0 aliphatic carbocycles. The summed E-state index contributed by atoms with van der Waals surface area (Å²) >= 11 is 0. The zero-order valence-corrected chi connectivity index (χ0v) is 11.6. The Hall–Kier alpha value is -1.38. The summed E-state index contributed by atoms with van der Waals surface area (Å²) in [5.74, 6) is 0.237. The lowest BCUT2D eigenvalue weighted by molar-refractivity contribution is -0.117. The van der Waals surface area contributed by atoms with Crippen molar-refractivity contribution in [1.29, 1.82) is 0 Å². The van der Waals surface area contributed by atoms with Gasteiger partial charge in [-0.15, -0.1) is 0 Å². The molecule has 1 aliphatic heterocycles. The Morgan fingerprint density at radius 2 is 2.22 bits per heavy atom. The molecule has 0 aromatic carbocycles. The third-order valence-corrected chi connectivity index (χ3v) is 3.72. The number of carbonyl (C=O) groups excluding carboxylic acids is 1. The first kappa shape index (κ1) is 13.1. The number of hydrogen-bond donors (Lipinski definition) is 0. The zero-order chi connectivity index (χ0) is 13.2. The van der Waals surface area contributed by atoms with E-state index >= 15 is 0 Å². The van der Waals surface area contributed by atoms with Crippen molar-refractivity contribution in [3.63, 3.8) is 0 Å². The largest absolute Gasteiger partial charge is 0.310 e. The molecule has 1 aliphatic rings. The fourth-order valence-corrected chi connectivity index (χ4v) is 2.68. The van der Waals surface area contributed by atoms with E-state index in [1.54, 1.807) is 6.20 Å². The molecule has 1 unspecified atom stereocenters. The van der Waals surface area contributed by atoms with Crippen molar-refractivity contribution in [2.45, 2.75) is 46.5 Å². The molecule has 1 aromatic rings. The van der Waals surface area contributed by atoms with Crippen molar-refractivity contribution in [3.05, 3.63) is 24.0 Å². The third-order valence-electron chi connectivity index (χ3n) is 3.72. The lowest BCUT2D eigenvalue weighted by Crippen LogP contribution is -2.27. The average Bonchev–Trinajstić information content (AvgIpc) is 2.63. The van der Waals surface area contributed by atoms with Gasteiger partial charge in [0.15, 0.2) is 0 Å². The maximum atomic E-state index is 12.2. The number of rotatable bonds is 4. The zero-order valence-electron chi connectivity index (χ0n) is 11.6. The molecule has 2 rings (SSSR count). The molecule has 18 heavy (non-hydrogen) atoms. The molecule has 98 valence electrons. The second-order valence-corrected chi connectivity index (χ2v) is 5.79. The molecule has 3 nitrogen and oxygen atoms in total. The van der Waals surface area contributed by atoms with E-state index in [1.165, 1.54) is 12.8 Å². The summed E-state index contributed by atoms with van der Waals surface area (Å²) in [6, 6.07) is 2.04. The molecule has 0 saturated carbocycles. The highest BCUT2D eigenvalue weighted by atomic mass is 16.2. The second-order valence-electron chi connectivity index (χ2n) is 5.79. The van der Waals surface area contributed by atoms with E-state index in [-0.39, 0.29) is 11.3 Å². The van der Waals surface area contributed by atoms with Crippen LogP contribution in [0.15, 0.2) is 18.5 Å². The van der Waals surface area contributed by atoms with E-state index < -0.39 is 0 Å². The maximum absolute atomic E-state index is 12.2. The number of aryl methyl sites for hydroxylation is 1. The van der Waals surface area contributed by atoms with Crippen LogP contribution in [0, 0.1) is 12.3 Å². The van der Waals surface area contributed by atoms with Crippen molar-refractivity contribution in [3.8, 4) is 0 Å². The molecular weight excluding hydrogens is 224 g/mol. The van der Waals surface area contributed by atoms with Gasteiger partial charge in [-0.1, -0.05) is 26.7 Å². The third kappa shape index (κ3) is 2.71. The monoisotopic (exact) mass is 246 g/mol. The van der Waals surface area contributed by atoms with E-state index in [2.05, 4.69) is 18.8 Å². The fourth-order valence-electron chi connectivity index (χ4n) is 2.68. The Morgan fingerprint density at radius 3 is 2.89 bits per heavy atom. The molecular formula is C15H22N2O. The van der Waals surface area contributed by atoms with E-state index in [9.17, 15) is 4.79 Å². The SMILES string of the molecule is CCCCC1(C)CC(=O)N(c2cncc(C)c2)C1. The van der Waals surface area contributed by atoms with Crippen LogP contribution in [0.1, 0.15) is 45.1 Å². The lowest BCUT2D eigenvalue weighted by atomic mass is 9.84. The Bertz CT molecular complexity index is 444. The number of unbranched alkanes of at least 4 members (excludes halogenated alkanes) is 1. The van der Waals surface area contributed by atoms with Gasteiger partial charge < -0.3 is 4.90 Å². The summed E-state index contributed by atoms with van der Waals surface area (Å²) < 4.78 is 0. The van der Waals surface area contributed by atoms with E-state index in [4.69, 9.17) is 0 Å². The molecule has 0 spiro atoms. The molecule has 1 saturated heterocycles. The summed E-state index contributed by atoms with van der Waals surface area (Å²) in [6.07, 6.45) is 7.79. The van der Waals surface area contributed by atoms with Crippen LogP contribution >= 0.6 is 0 Å². The summed E-state index contributed by atoms with van der Waals surface area (Å²) in [5.41, 5.74) is 2.18. The van der Waals surface area contributed by atoms with Crippen LogP contribution in [0.25, 0.3) is 0 Å². The van der Waals surface area contributed by atoms with Crippen molar-refractivity contribution < 1.29 is 4.79 Å². The van der Waals surface area contributed by atoms with Crippen LogP contribution in [-0.2, 0) is 4.79 Å². The van der Waals surface area contributed by atoms with Crippen LogP contribution in [0.4, 0.5) is 5.69 Å². The average molecular weight is 246 g/mol. The maximum Gasteiger partial charge on any atom is 0.227 e. The molecule has 1 amide bonds. The van der Waals surface area contributed by atoms with Crippen LogP contribution in [0.5, 0.6) is 0 Å². The predicted octanol–water partition coefficient (Wildman–Crippen LogP) is 3.32. The number of hydrogen-bond acceptors (Lipinski definition) is 2. The summed E-state index contributed by atoms with van der Waals surface area (Å²) in [4.78, 5) is 18.2. The number of anilines is 1. The Labute approximate surface area is 109 Å². The van der Waals surface area contributed by atoms with Gasteiger partial charge in [0.2, 0.25) is 5.91 Å². The molecule has 1 atom stereocenters. The molecule has 0 bridgehead atoms. The lowest BCUT2D eigenvalue weighted by Gasteiger charge is -2.23. The molecule has 1 aromatic heterocycles. The molecule has 0 radical (unpaired) electrons. The standard InChI is InChI=1S/C15H22N2O/c1-4-5-6-15(3)8-14(18)17(11-15)13-7-12(2)9-16-10-13/h7,9-10H,4-6,8,11H2,1-3H3. The van der Waals surface area contributed by atoms with Crippen LogP contribution in [0.2, 0.25) is 0 Å². The van der Waals surface area contributed by atoms with Gasteiger partial charge in [-0.2, -0.15) is 0 Å². The number of aromatic nitrogens is 1. The quantitative estimate of drug-likeness (QED) is 0.816. The van der Waals surface area contributed by atoms with Gasteiger partial charge in [0.25, 0.3) is 0 Å². The summed E-state index contributed by atoms with van der Waals surface area (Å²) in [5, 5.41) is 0. The minimum Gasteiger partial charge on any atom is -0.310 e. The van der Waals surface area contributed by atoms with Crippen LogP contribution in [-0.4, -0.2) is 17.4 Å². The molecule has 0 N–H and O–H groups in total. The first-order valence-electron chi connectivity index (χ1n) is 6.76.